The highest BCUT2D eigenvalue weighted by molar-refractivity contribution is 6.30. The molecule has 2 aliphatic rings. The zero-order valence-corrected chi connectivity index (χ0v) is 22.0. The molecule has 2 atom stereocenters. The summed E-state index contributed by atoms with van der Waals surface area (Å²) >= 11 is 5.88. The lowest BCUT2D eigenvalue weighted by molar-refractivity contribution is -0.187. The van der Waals surface area contributed by atoms with Crippen LogP contribution in [0.4, 0.5) is 8.78 Å². The van der Waals surface area contributed by atoms with Gasteiger partial charge in [-0.05, 0) is 70.6 Å². The van der Waals surface area contributed by atoms with Gasteiger partial charge in [-0.1, -0.05) is 11.6 Å². The molecule has 2 aromatic rings. The van der Waals surface area contributed by atoms with Crippen molar-refractivity contribution in [3.63, 3.8) is 0 Å². The summed E-state index contributed by atoms with van der Waals surface area (Å²) in [7, 11) is 3.66. The first-order valence-electron chi connectivity index (χ1n) is 12.3. The van der Waals surface area contributed by atoms with Gasteiger partial charge in [0.15, 0.2) is 12.0 Å². The Labute approximate surface area is 220 Å². The van der Waals surface area contributed by atoms with Gasteiger partial charge in [0.2, 0.25) is 0 Å². The summed E-state index contributed by atoms with van der Waals surface area (Å²) in [5.41, 5.74) is -2.72. The van der Waals surface area contributed by atoms with E-state index >= 15 is 4.39 Å². The van der Waals surface area contributed by atoms with Gasteiger partial charge in [0.1, 0.15) is 17.9 Å². The molecule has 1 aromatic carbocycles. The Kier molecular flexibility index (Phi) is 8.57. The molecule has 3 heterocycles. The third-order valence-corrected chi connectivity index (χ3v) is 7.51. The number of aldehydes is 1. The van der Waals surface area contributed by atoms with Gasteiger partial charge >= 0.3 is 0 Å². The van der Waals surface area contributed by atoms with Crippen molar-refractivity contribution in [2.75, 3.05) is 47.0 Å². The average Bonchev–Trinajstić information content (AvgIpc) is 2.85. The van der Waals surface area contributed by atoms with Crippen molar-refractivity contribution >= 4 is 17.9 Å². The highest BCUT2D eigenvalue weighted by Crippen LogP contribution is 2.39. The number of piperidine rings is 1. The second kappa shape index (κ2) is 11.3. The first kappa shape index (κ1) is 27.9. The predicted octanol–water partition coefficient (Wildman–Crippen LogP) is 3.52. The van der Waals surface area contributed by atoms with Crippen LogP contribution in [0.25, 0.3) is 0 Å². The van der Waals surface area contributed by atoms with E-state index in [1.165, 1.54) is 24.5 Å². The Morgan fingerprint density at radius 1 is 1.35 bits per heavy atom. The fourth-order valence-electron chi connectivity index (χ4n) is 4.89. The molecule has 0 aliphatic carbocycles. The molecule has 1 unspecified atom stereocenters. The van der Waals surface area contributed by atoms with Crippen LogP contribution >= 0.6 is 11.6 Å². The van der Waals surface area contributed by atoms with Gasteiger partial charge in [-0.2, -0.15) is 0 Å². The second-order valence-electron chi connectivity index (χ2n) is 10.3. The van der Waals surface area contributed by atoms with E-state index in [-0.39, 0.29) is 43.4 Å². The lowest BCUT2D eigenvalue weighted by Crippen LogP contribution is -2.50. The molecule has 0 spiro atoms. The van der Waals surface area contributed by atoms with Crippen molar-refractivity contribution in [1.82, 2.24) is 19.8 Å². The number of alkyl halides is 1. The zero-order valence-electron chi connectivity index (χ0n) is 21.3. The summed E-state index contributed by atoms with van der Waals surface area (Å²) in [5.74, 6) is -0.424. The number of hydrogen-bond acceptors (Lipinski definition) is 8. The van der Waals surface area contributed by atoms with E-state index in [9.17, 15) is 14.3 Å². The van der Waals surface area contributed by atoms with Crippen molar-refractivity contribution in [3.8, 4) is 0 Å². The lowest BCUT2D eigenvalue weighted by atomic mass is 9.76. The molecule has 0 saturated carbocycles. The fourth-order valence-corrected chi connectivity index (χ4v) is 4.99. The Hall–Kier alpha value is -2.08. The maximum Gasteiger partial charge on any atom is 0.180 e. The third kappa shape index (κ3) is 6.32. The van der Waals surface area contributed by atoms with Gasteiger partial charge in [-0.15, -0.1) is 0 Å². The molecule has 2 saturated heterocycles. The standard InChI is InChI=1S/C26H33ClF2N4O4/c1-25(35,18-4-6-32(2)7-5-18)19-8-17(13-34)23(21(28)9-19)24(37-16-26(29)14-36-15-26)33(3)12-22-30-10-20(27)11-31-22/h8-11,13,18,24,35H,4-7,12,14-16H2,1-3H3/t24-,25?/m1/s1. The van der Waals surface area contributed by atoms with E-state index in [0.717, 1.165) is 25.9 Å². The van der Waals surface area contributed by atoms with Crippen LogP contribution in [0, 0.1) is 11.7 Å². The SMILES string of the molecule is CN1CCC(C(C)(O)c2cc(F)c([C@@H](OCC3(F)COC3)N(C)Cc3ncc(Cl)cn3)c(C=O)c2)CC1. The molecule has 0 amide bonds. The van der Waals surface area contributed by atoms with Gasteiger partial charge < -0.3 is 19.5 Å². The normalized spacial score (nSPS) is 20.9. The smallest absolute Gasteiger partial charge is 0.180 e. The summed E-state index contributed by atoms with van der Waals surface area (Å²) < 4.78 is 41.4. The molecule has 8 nitrogen and oxygen atoms in total. The number of aliphatic hydroxyl groups is 1. The van der Waals surface area contributed by atoms with Crippen LogP contribution in [0.5, 0.6) is 0 Å². The second-order valence-corrected chi connectivity index (χ2v) is 10.8. The van der Waals surface area contributed by atoms with E-state index in [1.807, 2.05) is 7.05 Å². The third-order valence-electron chi connectivity index (χ3n) is 7.32. The van der Waals surface area contributed by atoms with Crippen LogP contribution in [-0.4, -0.2) is 83.8 Å². The minimum Gasteiger partial charge on any atom is -0.385 e. The number of carbonyl (C=O) groups is 1. The van der Waals surface area contributed by atoms with Crippen molar-refractivity contribution in [2.45, 2.75) is 43.8 Å². The molecule has 0 bridgehead atoms. The number of hydrogen-bond donors (Lipinski definition) is 1. The summed E-state index contributed by atoms with van der Waals surface area (Å²) in [6.45, 7) is 2.83. The summed E-state index contributed by atoms with van der Waals surface area (Å²) in [4.78, 5) is 24.3. The molecule has 4 rings (SSSR count). The van der Waals surface area contributed by atoms with Crippen molar-refractivity contribution in [3.05, 3.63) is 57.9 Å². The zero-order chi connectivity index (χ0) is 26.8. The van der Waals surface area contributed by atoms with E-state index in [4.69, 9.17) is 21.1 Å². The van der Waals surface area contributed by atoms with Gasteiger partial charge in [0, 0.05) is 23.5 Å². The number of halogens is 3. The quantitative estimate of drug-likeness (QED) is 0.363. The predicted molar refractivity (Wildman–Crippen MR) is 133 cm³/mol. The summed E-state index contributed by atoms with van der Waals surface area (Å²) in [6.07, 6.45) is 3.78. The minimum atomic E-state index is -1.69. The number of likely N-dealkylation sites (tertiary alicyclic amines) is 1. The van der Waals surface area contributed by atoms with Crippen LogP contribution in [0.1, 0.15) is 53.3 Å². The van der Waals surface area contributed by atoms with E-state index in [2.05, 4.69) is 14.9 Å². The summed E-state index contributed by atoms with van der Waals surface area (Å²) in [5, 5.41) is 11.8. The first-order valence-corrected chi connectivity index (χ1v) is 12.6. The Bertz CT molecular complexity index is 1090. The molecule has 0 radical (unpaired) electrons. The molecule has 11 heteroatoms. The molecule has 1 N–H and O–H groups in total. The number of aromatic nitrogens is 2. The largest absolute Gasteiger partial charge is 0.385 e. The first-order chi connectivity index (χ1) is 17.5. The Morgan fingerprint density at radius 3 is 2.57 bits per heavy atom. The van der Waals surface area contributed by atoms with Gasteiger partial charge in [0.25, 0.3) is 0 Å². The topological polar surface area (TPSA) is 88.0 Å². The Balaban J connectivity index is 1.66. The maximum absolute atomic E-state index is 15.8. The molecule has 1 aromatic heterocycles. The fraction of sp³-hybridized carbons (Fsp3) is 0.577. The van der Waals surface area contributed by atoms with E-state index in [0.29, 0.717) is 22.7 Å². The molecule has 2 fully saturated rings. The maximum atomic E-state index is 15.8. The van der Waals surface area contributed by atoms with Crippen molar-refractivity contribution in [2.24, 2.45) is 5.92 Å². The van der Waals surface area contributed by atoms with Crippen LogP contribution in [0.15, 0.2) is 24.5 Å². The molecular formula is C26H33ClF2N4O4. The van der Waals surface area contributed by atoms with E-state index < -0.39 is 23.3 Å². The highest BCUT2D eigenvalue weighted by atomic mass is 35.5. The van der Waals surface area contributed by atoms with Crippen LogP contribution in [-0.2, 0) is 21.6 Å². The molecule has 202 valence electrons. The van der Waals surface area contributed by atoms with E-state index in [1.54, 1.807) is 18.9 Å². The number of rotatable bonds is 10. The monoisotopic (exact) mass is 538 g/mol. The van der Waals surface area contributed by atoms with Crippen LogP contribution < -0.4 is 0 Å². The van der Waals surface area contributed by atoms with Crippen LogP contribution in [0.2, 0.25) is 5.02 Å². The average molecular weight is 539 g/mol. The highest BCUT2D eigenvalue weighted by Gasteiger charge is 2.41. The van der Waals surface area contributed by atoms with Gasteiger partial charge in [-0.3, -0.25) is 9.69 Å². The Morgan fingerprint density at radius 2 is 2.00 bits per heavy atom. The van der Waals surface area contributed by atoms with Gasteiger partial charge in [0.05, 0.1) is 37.0 Å². The number of nitrogens with zero attached hydrogens (tertiary/aromatic N) is 4. The number of ether oxygens (including phenoxy) is 2. The molecule has 37 heavy (non-hydrogen) atoms. The lowest BCUT2D eigenvalue weighted by Gasteiger charge is -2.39. The molecular weight excluding hydrogens is 506 g/mol. The van der Waals surface area contributed by atoms with Crippen molar-refractivity contribution < 1.29 is 28.2 Å². The number of carbonyl (C=O) groups excluding carboxylic acids is 1. The number of benzene rings is 1. The summed E-state index contributed by atoms with van der Waals surface area (Å²) in [6, 6.07) is 2.76. The molecule has 2 aliphatic heterocycles. The van der Waals surface area contributed by atoms with Crippen molar-refractivity contribution in [1.29, 1.82) is 0 Å². The minimum absolute atomic E-state index is 0.0230. The van der Waals surface area contributed by atoms with Gasteiger partial charge in [-0.25, -0.2) is 18.7 Å². The van der Waals surface area contributed by atoms with Crippen LogP contribution in [0.3, 0.4) is 0 Å².